The zero-order chi connectivity index (χ0) is 20.7. The number of aryl methyl sites for hydroxylation is 1. The number of nitrogens with zero attached hydrogens (tertiary/aromatic N) is 3. The van der Waals surface area contributed by atoms with E-state index in [9.17, 15) is 8.42 Å². The van der Waals surface area contributed by atoms with E-state index >= 15 is 0 Å². The number of nitrogens with one attached hydrogen (secondary N) is 1. The Kier molecular flexibility index (Phi) is 4.25. The number of benzene rings is 2. The van der Waals surface area contributed by atoms with Crippen molar-refractivity contribution >= 4 is 32.3 Å². The quantitative estimate of drug-likeness (QED) is 0.464. The van der Waals surface area contributed by atoms with E-state index < -0.39 is 10.0 Å². The largest absolute Gasteiger partial charge is 0.306 e. The zero-order valence-corrected chi connectivity index (χ0v) is 17.0. The van der Waals surface area contributed by atoms with Gasteiger partial charge in [0, 0.05) is 29.5 Å². The summed E-state index contributed by atoms with van der Waals surface area (Å²) >= 11 is 0. The summed E-state index contributed by atoms with van der Waals surface area (Å²) in [5.74, 6) is 0. The summed E-state index contributed by atoms with van der Waals surface area (Å²) in [6, 6.07) is 20.2. The van der Waals surface area contributed by atoms with Gasteiger partial charge in [-0.05, 0) is 42.8 Å². The van der Waals surface area contributed by atoms with E-state index in [0.717, 1.165) is 27.9 Å². The second-order valence-corrected chi connectivity index (χ2v) is 8.71. The molecule has 7 heteroatoms. The molecule has 0 unspecified atom stereocenters. The van der Waals surface area contributed by atoms with Crippen molar-refractivity contribution < 1.29 is 8.42 Å². The lowest BCUT2D eigenvalue weighted by atomic mass is 10.1. The number of pyridine rings is 2. The van der Waals surface area contributed by atoms with Crippen molar-refractivity contribution in [2.24, 2.45) is 0 Å². The fourth-order valence-electron chi connectivity index (χ4n) is 3.46. The maximum absolute atomic E-state index is 13.2. The van der Waals surface area contributed by atoms with Gasteiger partial charge in [-0.15, -0.1) is 0 Å². The molecule has 0 atom stereocenters. The molecule has 5 aromatic rings. The number of fused-ring (bicyclic) bond motifs is 2. The highest BCUT2D eigenvalue weighted by molar-refractivity contribution is 7.93. The van der Waals surface area contributed by atoms with Crippen LogP contribution in [0.15, 0.2) is 90.2 Å². The van der Waals surface area contributed by atoms with Crippen LogP contribution in [-0.4, -0.2) is 22.8 Å². The number of para-hydroxylation sites is 1. The highest BCUT2D eigenvalue weighted by atomic mass is 32.2. The normalized spacial score (nSPS) is 11.8. The molecule has 30 heavy (non-hydrogen) atoms. The highest BCUT2D eigenvalue weighted by Gasteiger charge is 2.19. The Hall–Kier alpha value is -3.71. The molecule has 0 spiro atoms. The molecular weight excluding hydrogens is 396 g/mol. The Morgan fingerprint density at radius 1 is 0.967 bits per heavy atom. The summed E-state index contributed by atoms with van der Waals surface area (Å²) in [6.45, 7) is 1.87. The van der Waals surface area contributed by atoms with Gasteiger partial charge in [0.2, 0.25) is 0 Å². The van der Waals surface area contributed by atoms with E-state index in [1.165, 1.54) is 0 Å². The minimum atomic E-state index is -3.82. The van der Waals surface area contributed by atoms with Gasteiger partial charge in [-0.25, -0.2) is 13.4 Å². The third-order valence-corrected chi connectivity index (χ3v) is 6.42. The van der Waals surface area contributed by atoms with E-state index in [1.807, 2.05) is 72.2 Å². The van der Waals surface area contributed by atoms with Crippen LogP contribution in [0.4, 0.5) is 5.69 Å². The first-order valence-corrected chi connectivity index (χ1v) is 10.9. The molecule has 1 N–H and O–H groups in total. The monoisotopic (exact) mass is 414 g/mol. The predicted octanol–water partition coefficient (Wildman–Crippen LogP) is 4.66. The molecule has 0 saturated carbocycles. The minimum absolute atomic E-state index is 0.151. The van der Waals surface area contributed by atoms with Gasteiger partial charge in [-0.2, -0.15) is 0 Å². The number of aromatic nitrogens is 3. The molecule has 3 heterocycles. The van der Waals surface area contributed by atoms with Gasteiger partial charge in [0.1, 0.15) is 10.5 Å². The molecule has 0 fully saturated rings. The van der Waals surface area contributed by atoms with Crippen LogP contribution in [0, 0.1) is 6.92 Å². The molecule has 2 aromatic carbocycles. The second-order valence-electron chi connectivity index (χ2n) is 7.06. The summed E-state index contributed by atoms with van der Waals surface area (Å²) in [6.07, 6.45) is 5.45. The Morgan fingerprint density at radius 2 is 1.83 bits per heavy atom. The Bertz CT molecular complexity index is 1470. The van der Waals surface area contributed by atoms with E-state index in [1.54, 1.807) is 24.4 Å². The van der Waals surface area contributed by atoms with Crippen LogP contribution < -0.4 is 4.72 Å². The van der Waals surface area contributed by atoms with Crippen molar-refractivity contribution in [3.8, 4) is 11.3 Å². The Balaban J connectivity index is 1.56. The first-order valence-electron chi connectivity index (χ1n) is 9.43. The fraction of sp³-hybridized carbons (Fsp3) is 0.0435. The lowest BCUT2D eigenvalue weighted by Gasteiger charge is -2.13. The summed E-state index contributed by atoms with van der Waals surface area (Å²) in [5, 5.41) is 0.774. The molecule has 0 radical (unpaired) electrons. The van der Waals surface area contributed by atoms with Gasteiger partial charge in [-0.3, -0.25) is 9.71 Å². The van der Waals surface area contributed by atoms with Gasteiger partial charge >= 0.3 is 0 Å². The van der Waals surface area contributed by atoms with Crippen LogP contribution in [-0.2, 0) is 10.0 Å². The lowest BCUT2D eigenvalue weighted by Crippen LogP contribution is -2.14. The summed E-state index contributed by atoms with van der Waals surface area (Å²) in [7, 11) is -3.82. The van der Waals surface area contributed by atoms with Crippen LogP contribution in [0.3, 0.4) is 0 Å². The van der Waals surface area contributed by atoms with Gasteiger partial charge in [0.25, 0.3) is 10.0 Å². The summed E-state index contributed by atoms with van der Waals surface area (Å²) < 4.78 is 31.0. The number of hydrogen-bond donors (Lipinski definition) is 1. The average molecular weight is 414 g/mol. The summed E-state index contributed by atoms with van der Waals surface area (Å²) in [4.78, 5) is 9.05. The first kappa shape index (κ1) is 18.3. The van der Waals surface area contributed by atoms with Crippen molar-refractivity contribution in [3.05, 3.63) is 90.9 Å². The van der Waals surface area contributed by atoms with Crippen molar-refractivity contribution in [3.63, 3.8) is 0 Å². The Labute approximate surface area is 173 Å². The standard InChI is InChI=1S/C23H18N4O2S/c1-16-10-11-18(20-15-27-13-3-2-9-22(27)25-20)14-19(16)26-30(28,29)21-8-4-6-17-7-5-12-24-23(17)21/h2-15,26H,1H3. The molecule has 3 aromatic heterocycles. The van der Waals surface area contributed by atoms with Crippen LogP contribution in [0.5, 0.6) is 0 Å². The topological polar surface area (TPSA) is 76.4 Å². The van der Waals surface area contributed by atoms with Gasteiger partial charge in [0.15, 0.2) is 0 Å². The molecule has 0 aliphatic carbocycles. The molecule has 0 amide bonds. The Morgan fingerprint density at radius 3 is 2.70 bits per heavy atom. The first-order chi connectivity index (χ1) is 14.5. The molecule has 0 bridgehead atoms. The van der Waals surface area contributed by atoms with E-state index in [0.29, 0.717) is 11.2 Å². The van der Waals surface area contributed by atoms with Gasteiger partial charge in [0.05, 0.1) is 16.9 Å². The predicted molar refractivity (Wildman–Crippen MR) is 118 cm³/mol. The SMILES string of the molecule is Cc1ccc(-c2cn3ccccc3n2)cc1NS(=O)(=O)c1cccc2cccnc12. The number of imidazole rings is 1. The van der Waals surface area contributed by atoms with Gasteiger partial charge in [-0.1, -0.05) is 36.4 Å². The molecule has 5 rings (SSSR count). The molecule has 148 valence electrons. The maximum atomic E-state index is 13.2. The van der Waals surface area contributed by atoms with Crippen molar-refractivity contribution in [1.29, 1.82) is 0 Å². The molecular formula is C23H18N4O2S. The molecule has 6 nitrogen and oxygen atoms in total. The van der Waals surface area contributed by atoms with Crippen molar-refractivity contribution in [2.45, 2.75) is 11.8 Å². The third-order valence-electron chi connectivity index (χ3n) is 5.03. The minimum Gasteiger partial charge on any atom is -0.306 e. The van der Waals surface area contributed by atoms with Crippen LogP contribution in [0.1, 0.15) is 5.56 Å². The molecule has 0 aliphatic heterocycles. The molecule has 0 saturated heterocycles. The van der Waals surface area contributed by atoms with Crippen molar-refractivity contribution in [2.75, 3.05) is 4.72 Å². The van der Waals surface area contributed by atoms with E-state index in [2.05, 4.69) is 14.7 Å². The van der Waals surface area contributed by atoms with E-state index in [4.69, 9.17) is 0 Å². The summed E-state index contributed by atoms with van der Waals surface area (Å²) in [5.41, 5.74) is 4.21. The zero-order valence-electron chi connectivity index (χ0n) is 16.1. The maximum Gasteiger partial charge on any atom is 0.264 e. The number of anilines is 1. The van der Waals surface area contributed by atoms with Crippen LogP contribution in [0.25, 0.3) is 27.8 Å². The van der Waals surface area contributed by atoms with Gasteiger partial charge < -0.3 is 4.40 Å². The lowest BCUT2D eigenvalue weighted by molar-refractivity contribution is 0.602. The third kappa shape index (κ3) is 3.19. The number of sulfonamides is 1. The van der Waals surface area contributed by atoms with Crippen molar-refractivity contribution in [1.82, 2.24) is 14.4 Å². The smallest absolute Gasteiger partial charge is 0.264 e. The van der Waals surface area contributed by atoms with Crippen LogP contribution >= 0.6 is 0 Å². The van der Waals surface area contributed by atoms with E-state index in [-0.39, 0.29) is 4.90 Å². The average Bonchev–Trinajstić information content (AvgIpc) is 3.19. The number of rotatable bonds is 4. The van der Waals surface area contributed by atoms with Crippen LogP contribution in [0.2, 0.25) is 0 Å². The molecule has 0 aliphatic rings. The fourth-order valence-corrected chi connectivity index (χ4v) is 4.76. The number of hydrogen-bond acceptors (Lipinski definition) is 4. The highest BCUT2D eigenvalue weighted by Crippen LogP contribution is 2.28. The second kappa shape index (κ2) is 6.96.